The summed E-state index contributed by atoms with van der Waals surface area (Å²) in [5.41, 5.74) is 7.29. The SMILES string of the molecule is Cc1nn(C)cc1NC(=O)C1C=CC(N)C1. The van der Waals surface area contributed by atoms with Gasteiger partial charge in [0.1, 0.15) is 0 Å². The lowest BCUT2D eigenvalue weighted by atomic mass is 10.1. The minimum absolute atomic E-state index is 0.00532. The molecule has 1 heterocycles. The van der Waals surface area contributed by atoms with Gasteiger partial charge in [0.15, 0.2) is 0 Å². The van der Waals surface area contributed by atoms with Gasteiger partial charge in [-0.1, -0.05) is 12.2 Å². The number of nitrogens with two attached hydrogens (primary N) is 1. The Morgan fingerprint density at radius 1 is 1.62 bits per heavy atom. The summed E-state index contributed by atoms with van der Waals surface area (Å²) in [4.78, 5) is 11.9. The maximum atomic E-state index is 11.9. The van der Waals surface area contributed by atoms with Crippen molar-refractivity contribution in [2.24, 2.45) is 18.7 Å². The first-order chi connectivity index (χ1) is 7.56. The van der Waals surface area contributed by atoms with Crippen molar-refractivity contribution in [2.75, 3.05) is 5.32 Å². The lowest BCUT2D eigenvalue weighted by Gasteiger charge is -2.09. The van der Waals surface area contributed by atoms with Gasteiger partial charge < -0.3 is 11.1 Å². The minimum Gasteiger partial charge on any atom is -0.324 e. The van der Waals surface area contributed by atoms with E-state index in [0.717, 1.165) is 11.4 Å². The number of anilines is 1. The van der Waals surface area contributed by atoms with Crippen molar-refractivity contribution in [3.05, 3.63) is 24.0 Å². The van der Waals surface area contributed by atoms with Gasteiger partial charge in [0.2, 0.25) is 5.91 Å². The van der Waals surface area contributed by atoms with E-state index in [1.807, 2.05) is 26.1 Å². The third-order valence-corrected chi connectivity index (χ3v) is 2.72. The van der Waals surface area contributed by atoms with Crippen LogP contribution in [0.4, 0.5) is 5.69 Å². The van der Waals surface area contributed by atoms with E-state index in [-0.39, 0.29) is 17.9 Å². The fourth-order valence-corrected chi connectivity index (χ4v) is 1.87. The molecule has 0 bridgehead atoms. The van der Waals surface area contributed by atoms with Gasteiger partial charge in [-0.2, -0.15) is 5.10 Å². The summed E-state index contributed by atoms with van der Waals surface area (Å²) in [5, 5.41) is 7.03. The molecule has 0 aliphatic heterocycles. The minimum atomic E-state index is -0.116. The highest BCUT2D eigenvalue weighted by Gasteiger charge is 2.23. The number of hydrogen-bond donors (Lipinski definition) is 2. The van der Waals surface area contributed by atoms with Crippen molar-refractivity contribution in [3.8, 4) is 0 Å². The molecule has 1 amide bonds. The van der Waals surface area contributed by atoms with E-state index in [2.05, 4.69) is 10.4 Å². The highest BCUT2D eigenvalue weighted by Crippen LogP contribution is 2.19. The van der Waals surface area contributed by atoms with Crippen molar-refractivity contribution >= 4 is 11.6 Å². The van der Waals surface area contributed by atoms with Crippen LogP contribution in [0.1, 0.15) is 12.1 Å². The summed E-state index contributed by atoms with van der Waals surface area (Å²) in [5.74, 6) is -0.130. The molecule has 0 saturated heterocycles. The Morgan fingerprint density at radius 2 is 2.38 bits per heavy atom. The van der Waals surface area contributed by atoms with Gasteiger partial charge in [-0.3, -0.25) is 9.48 Å². The number of nitrogens with one attached hydrogen (secondary N) is 1. The van der Waals surface area contributed by atoms with Crippen LogP contribution in [0.25, 0.3) is 0 Å². The van der Waals surface area contributed by atoms with Crippen molar-refractivity contribution in [1.82, 2.24) is 9.78 Å². The Labute approximate surface area is 94.3 Å². The summed E-state index contributed by atoms with van der Waals surface area (Å²) in [6.45, 7) is 1.87. The number of aryl methyl sites for hydroxylation is 2. The number of aromatic nitrogens is 2. The monoisotopic (exact) mass is 220 g/mol. The standard InChI is InChI=1S/C11H16N4O/c1-7-10(6-15(2)14-7)13-11(16)8-3-4-9(12)5-8/h3-4,6,8-9H,5,12H2,1-2H3,(H,13,16). The van der Waals surface area contributed by atoms with E-state index in [9.17, 15) is 4.79 Å². The summed E-state index contributed by atoms with van der Waals surface area (Å²) >= 11 is 0. The van der Waals surface area contributed by atoms with Crippen LogP contribution in [-0.4, -0.2) is 21.7 Å². The quantitative estimate of drug-likeness (QED) is 0.716. The zero-order chi connectivity index (χ0) is 11.7. The number of carbonyl (C=O) groups is 1. The highest BCUT2D eigenvalue weighted by atomic mass is 16.1. The van der Waals surface area contributed by atoms with Crippen molar-refractivity contribution in [1.29, 1.82) is 0 Å². The van der Waals surface area contributed by atoms with Crippen molar-refractivity contribution in [2.45, 2.75) is 19.4 Å². The summed E-state index contributed by atoms with van der Waals surface area (Å²) in [6, 6.07) is 0.00532. The first-order valence-corrected chi connectivity index (χ1v) is 5.31. The van der Waals surface area contributed by atoms with Crippen LogP contribution < -0.4 is 11.1 Å². The third-order valence-electron chi connectivity index (χ3n) is 2.72. The molecule has 86 valence electrons. The normalized spacial score (nSPS) is 23.7. The van der Waals surface area contributed by atoms with Crippen LogP contribution in [-0.2, 0) is 11.8 Å². The summed E-state index contributed by atoms with van der Waals surface area (Å²) in [7, 11) is 1.83. The molecule has 0 fully saturated rings. The van der Waals surface area contributed by atoms with Gasteiger partial charge in [-0.15, -0.1) is 0 Å². The van der Waals surface area contributed by atoms with Gasteiger partial charge in [-0.05, 0) is 13.3 Å². The van der Waals surface area contributed by atoms with Crippen LogP contribution in [0.15, 0.2) is 18.3 Å². The maximum Gasteiger partial charge on any atom is 0.231 e. The second-order valence-electron chi connectivity index (χ2n) is 4.18. The largest absolute Gasteiger partial charge is 0.324 e. The predicted molar refractivity (Wildman–Crippen MR) is 61.8 cm³/mol. The van der Waals surface area contributed by atoms with Gasteiger partial charge in [-0.25, -0.2) is 0 Å². The second kappa shape index (κ2) is 4.09. The molecule has 1 aromatic heterocycles. The van der Waals surface area contributed by atoms with E-state index >= 15 is 0 Å². The molecule has 0 radical (unpaired) electrons. The average Bonchev–Trinajstić information content (AvgIpc) is 2.74. The molecular formula is C11H16N4O. The topological polar surface area (TPSA) is 72.9 Å². The summed E-state index contributed by atoms with van der Waals surface area (Å²) in [6.07, 6.45) is 6.23. The summed E-state index contributed by atoms with van der Waals surface area (Å²) < 4.78 is 1.68. The molecule has 2 unspecified atom stereocenters. The molecule has 0 spiro atoms. The van der Waals surface area contributed by atoms with Crippen molar-refractivity contribution in [3.63, 3.8) is 0 Å². The van der Waals surface area contributed by atoms with Crippen LogP contribution in [0, 0.1) is 12.8 Å². The molecule has 5 nitrogen and oxygen atoms in total. The number of amides is 1. The molecule has 1 aliphatic carbocycles. The fourth-order valence-electron chi connectivity index (χ4n) is 1.87. The maximum absolute atomic E-state index is 11.9. The highest BCUT2D eigenvalue weighted by molar-refractivity contribution is 5.94. The smallest absolute Gasteiger partial charge is 0.231 e. The molecule has 2 rings (SSSR count). The van der Waals surface area contributed by atoms with E-state index in [1.165, 1.54) is 0 Å². The van der Waals surface area contributed by atoms with E-state index in [0.29, 0.717) is 6.42 Å². The predicted octanol–water partition coefficient (Wildman–Crippen LogP) is 0.570. The molecule has 2 atom stereocenters. The van der Waals surface area contributed by atoms with Crippen LogP contribution in [0.5, 0.6) is 0 Å². The molecular weight excluding hydrogens is 204 g/mol. The molecule has 1 aliphatic rings. The van der Waals surface area contributed by atoms with Gasteiger partial charge >= 0.3 is 0 Å². The number of nitrogens with zero attached hydrogens (tertiary/aromatic N) is 2. The molecule has 0 aromatic carbocycles. The Bertz CT molecular complexity index is 435. The zero-order valence-corrected chi connectivity index (χ0v) is 9.47. The molecule has 3 N–H and O–H groups in total. The van der Waals surface area contributed by atoms with Crippen LogP contribution >= 0.6 is 0 Å². The Kier molecular flexibility index (Phi) is 2.78. The lowest BCUT2D eigenvalue weighted by Crippen LogP contribution is -2.24. The zero-order valence-electron chi connectivity index (χ0n) is 9.47. The molecule has 1 aromatic rings. The number of carbonyl (C=O) groups excluding carboxylic acids is 1. The fraction of sp³-hybridized carbons (Fsp3) is 0.455. The molecule has 5 heteroatoms. The number of hydrogen-bond acceptors (Lipinski definition) is 3. The molecule has 0 saturated carbocycles. The van der Waals surface area contributed by atoms with Gasteiger partial charge in [0.05, 0.1) is 17.3 Å². The van der Waals surface area contributed by atoms with Crippen LogP contribution in [0.2, 0.25) is 0 Å². The van der Waals surface area contributed by atoms with Gasteiger partial charge in [0.25, 0.3) is 0 Å². The Morgan fingerprint density at radius 3 is 2.88 bits per heavy atom. The molecule has 16 heavy (non-hydrogen) atoms. The van der Waals surface area contributed by atoms with E-state index < -0.39 is 0 Å². The lowest BCUT2D eigenvalue weighted by molar-refractivity contribution is -0.118. The average molecular weight is 220 g/mol. The van der Waals surface area contributed by atoms with E-state index in [1.54, 1.807) is 10.9 Å². The van der Waals surface area contributed by atoms with E-state index in [4.69, 9.17) is 5.73 Å². The third kappa shape index (κ3) is 2.14. The Hall–Kier alpha value is -1.62. The van der Waals surface area contributed by atoms with Crippen molar-refractivity contribution < 1.29 is 4.79 Å². The number of rotatable bonds is 2. The first kappa shape index (κ1) is 10.9. The Balaban J connectivity index is 2.03. The van der Waals surface area contributed by atoms with Gasteiger partial charge in [0, 0.05) is 19.3 Å². The second-order valence-corrected chi connectivity index (χ2v) is 4.18. The first-order valence-electron chi connectivity index (χ1n) is 5.31. The van der Waals surface area contributed by atoms with Crippen LogP contribution in [0.3, 0.4) is 0 Å².